The Bertz CT molecular complexity index is 976. The highest BCUT2D eigenvalue weighted by molar-refractivity contribution is 7.80. The van der Waals surface area contributed by atoms with Crippen LogP contribution in [0.5, 0.6) is 5.75 Å². The van der Waals surface area contributed by atoms with Crippen molar-refractivity contribution in [2.45, 2.75) is 18.9 Å². The Hall–Kier alpha value is -3.26. The van der Waals surface area contributed by atoms with Crippen molar-refractivity contribution in [3.8, 4) is 5.75 Å². The molecule has 1 fully saturated rings. The Labute approximate surface area is 179 Å². The first kappa shape index (κ1) is 21.4. The number of carbonyl (C=O) groups excluding carboxylic acids is 2. The molecule has 0 aromatic heterocycles. The molecule has 8 heteroatoms. The highest BCUT2D eigenvalue weighted by Crippen LogP contribution is 2.38. The number of methoxy groups -OCH3 is 1. The van der Waals surface area contributed by atoms with Gasteiger partial charge in [0, 0.05) is 6.20 Å². The van der Waals surface area contributed by atoms with Gasteiger partial charge in [0.25, 0.3) is 5.91 Å². The molecular weight excluding hydrogens is 407 g/mol. The number of nitrogens with zero attached hydrogens (tertiary/aromatic N) is 1. The van der Waals surface area contributed by atoms with Crippen molar-refractivity contribution in [1.29, 1.82) is 0 Å². The standard InChI is InChI=1S/C22H21FN2O4S/c1-3-29-19(26)14-22(16-6-8-17(23)9-7-16)20(27)24-21(30)25(22)13-12-15-4-10-18(28-2)11-5-15/h4-13H,3,14H2,1-2H3,(H,24,27,30)/b13-12-. The summed E-state index contributed by atoms with van der Waals surface area (Å²) in [5, 5.41) is 2.76. The summed E-state index contributed by atoms with van der Waals surface area (Å²) in [4.78, 5) is 27.0. The zero-order valence-electron chi connectivity index (χ0n) is 16.6. The second-order valence-corrected chi connectivity index (χ2v) is 6.95. The molecule has 2 aromatic carbocycles. The van der Waals surface area contributed by atoms with Crippen molar-refractivity contribution < 1.29 is 23.5 Å². The minimum atomic E-state index is -1.49. The fourth-order valence-corrected chi connectivity index (χ4v) is 3.61. The largest absolute Gasteiger partial charge is 0.497 e. The molecule has 1 aliphatic heterocycles. The molecule has 2 aromatic rings. The number of thiocarbonyl (C=S) groups is 1. The summed E-state index contributed by atoms with van der Waals surface area (Å²) in [5.41, 5.74) is -0.226. The van der Waals surface area contributed by atoms with Gasteiger partial charge < -0.3 is 19.7 Å². The van der Waals surface area contributed by atoms with Crippen LogP contribution in [0.25, 0.3) is 6.08 Å². The monoisotopic (exact) mass is 428 g/mol. The normalized spacial score (nSPS) is 18.6. The van der Waals surface area contributed by atoms with Crippen molar-refractivity contribution in [3.63, 3.8) is 0 Å². The van der Waals surface area contributed by atoms with Crippen LogP contribution in [0.2, 0.25) is 0 Å². The molecule has 1 heterocycles. The van der Waals surface area contributed by atoms with E-state index in [1.807, 2.05) is 12.1 Å². The van der Waals surface area contributed by atoms with Crippen LogP contribution in [0.4, 0.5) is 4.39 Å². The fraction of sp³-hybridized carbons (Fsp3) is 0.227. The van der Waals surface area contributed by atoms with E-state index >= 15 is 0 Å². The Morgan fingerprint density at radius 1 is 1.20 bits per heavy atom. The average molecular weight is 428 g/mol. The first-order valence-corrected chi connectivity index (χ1v) is 9.70. The molecule has 0 bridgehead atoms. The van der Waals surface area contributed by atoms with Crippen LogP contribution in [0.3, 0.4) is 0 Å². The van der Waals surface area contributed by atoms with Crippen molar-refractivity contribution in [1.82, 2.24) is 10.2 Å². The van der Waals surface area contributed by atoms with Crippen LogP contribution in [0, 0.1) is 5.82 Å². The first-order chi connectivity index (χ1) is 14.4. The van der Waals surface area contributed by atoms with E-state index in [1.54, 1.807) is 38.4 Å². The highest BCUT2D eigenvalue weighted by Gasteiger charge is 2.53. The van der Waals surface area contributed by atoms with Crippen LogP contribution in [-0.2, 0) is 19.9 Å². The van der Waals surface area contributed by atoms with Gasteiger partial charge in [0.05, 0.1) is 20.1 Å². The maximum Gasteiger partial charge on any atom is 0.309 e. The third-order valence-corrected chi connectivity index (χ3v) is 5.08. The molecule has 0 saturated carbocycles. The summed E-state index contributed by atoms with van der Waals surface area (Å²) in [6.07, 6.45) is 3.10. The van der Waals surface area contributed by atoms with Gasteiger partial charge in [-0.05, 0) is 60.6 Å². The molecule has 0 spiro atoms. The average Bonchev–Trinajstić information content (AvgIpc) is 2.97. The summed E-state index contributed by atoms with van der Waals surface area (Å²) < 4.78 is 23.8. The van der Waals surface area contributed by atoms with Crippen molar-refractivity contribution in [2.75, 3.05) is 13.7 Å². The van der Waals surface area contributed by atoms with E-state index in [4.69, 9.17) is 21.7 Å². The fourth-order valence-electron chi connectivity index (χ4n) is 3.30. The first-order valence-electron chi connectivity index (χ1n) is 9.29. The van der Waals surface area contributed by atoms with Crippen molar-refractivity contribution in [3.05, 3.63) is 71.7 Å². The van der Waals surface area contributed by atoms with E-state index in [9.17, 15) is 14.0 Å². The predicted molar refractivity (Wildman–Crippen MR) is 114 cm³/mol. The number of halogens is 1. The molecular formula is C22H21FN2O4S. The number of nitrogens with one attached hydrogen (secondary N) is 1. The van der Waals surface area contributed by atoms with Crippen LogP contribution >= 0.6 is 12.2 Å². The molecule has 30 heavy (non-hydrogen) atoms. The lowest BCUT2D eigenvalue weighted by atomic mass is 9.85. The Morgan fingerprint density at radius 3 is 2.47 bits per heavy atom. The quantitative estimate of drug-likeness (QED) is 0.539. The molecule has 1 N–H and O–H groups in total. The maximum absolute atomic E-state index is 13.5. The molecule has 0 radical (unpaired) electrons. The molecule has 1 saturated heterocycles. The van der Waals surface area contributed by atoms with Gasteiger partial charge in [-0.2, -0.15) is 0 Å². The van der Waals surface area contributed by atoms with Gasteiger partial charge in [0.15, 0.2) is 10.7 Å². The lowest BCUT2D eigenvalue weighted by molar-refractivity contribution is -0.148. The number of ether oxygens (including phenoxy) is 2. The van der Waals surface area contributed by atoms with E-state index < -0.39 is 23.2 Å². The SMILES string of the molecule is CCOC(=O)CC1(c2ccc(F)cc2)C(=O)NC(=S)N1/C=C\c1ccc(OC)cc1. The minimum Gasteiger partial charge on any atom is -0.497 e. The van der Waals surface area contributed by atoms with Gasteiger partial charge in [0.2, 0.25) is 0 Å². The Kier molecular flexibility index (Phi) is 6.47. The third-order valence-electron chi connectivity index (χ3n) is 4.79. The summed E-state index contributed by atoms with van der Waals surface area (Å²) in [7, 11) is 1.58. The van der Waals surface area contributed by atoms with Gasteiger partial charge in [-0.15, -0.1) is 0 Å². The summed E-state index contributed by atoms with van der Waals surface area (Å²) in [6, 6.07) is 12.7. The van der Waals surface area contributed by atoms with Gasteiger partial charge in [0.1, 0.15) is 11.6 Å². The van der Waals surface area contributed by atoms with Gasteiger partial charge in [-0.3, -0.25) is 9.59 Å². The van der Waals surface area contributed by atoms with E-state index in [0.29, 0.717) is 11.3 Å². The van der Waals surface area contributed by atoms with Crippen molar-refractivity contribution in [2.24, 2.45) is 0 Å². The van der Waals surface area contributed by atoms with E-state index in [2.05, 4.69) is 5.32 Å². The van der Waals surface area contributed by atoms with Gasteiger partial charge in [-0.1, -0.05) is 24.3 Å². The van der Waals surface area contributed by atoms with Crippen LogP contribution in [0.1, 0.15) is 24.5 Å². The molecule has 1 atom stereocenters. The zero-order valence-corrected chi connectivity index (χ0v) is 17.4. The summed E-state index contributed by atoms with van der Waals surface area (Å²) in [5.74, 6) is -0.786. The second-order valence-electron chi connectivity index (χ2n) is 6.57. The predicted octanol–water partition coefficient (Wildman–Crippen LogP) is 3.37. The van der Waals surface area contributed by atoms with E-state index in [1.165, 1.54) is 29.2 Å². The number of hydrogen-bond acceptors (Lipinski definition) is 5. The third kappa shape index (κ3) is 4.18. The maximum atomic E-state index is 13.5. The number of amides is 1. The highest BCUT2D eigenvalue weighted by atomic mass is 32.1. The number of rotatable bonds is 7. The van der Waals surface area contributed by atoms with Crippen LogP contribution in [0.15, 0.2) is 54.7 Å². The zero-order chi connectivity index (χ0) is 21.7. The Morgan fingerprint density at radius 2 is 1.87 bits per heavy atom. The van der Waals surface area contributed by atoms with E-state index in [0.717, 1.165) is 5.56 Å². The lowest BCUT2D eigenvalue weighted by Gasteiger charge is -2.34. The Balaban J connectivity index is 2.04. The molecule has 1 aliphatic rings. The molecule has 6 nitrogen and oxygen atoms in total. The van der Waals surface area contributed by atoms with Crippen LogP contribution in [-0.4, -0.2) is 35.6 Å². The minimum absolute atomic E-state index is 0.137. The molecule has 3 rings (SSSR count). The molecule has 1 amide bonds. The van der Waals surface area contributed by atoms with Crippen LogP contribution < -0.4 is 10.1 Å². The summed E-state index contributed by atoms with van der Waals surface area (Å²) >= 11 is 5.36. The van der Waals surface area contributed by atoms with E-state index in [-0.39, 0.29) is 18.1 Å². The number of benzene rings is 2. The number of hydrogen-bond donors (Lipinski definition) is 1. The number of carbonyl (C=O) groups is 2. The van der Waals surface area contributed by atoms with Crippen molar-refractivity contribution >= 4 is 35.3 Å². The second kappa shape index (κ2) is 9.04. The summed E-state index contributed by atoms with van der Waals surface area (Å²) in [6.45, 7) is 1.86. The molecule has 1 unspecified atom stereocenters. The number of esters is 1. The lowest BCUT2D eigenvalue weighted by Crippen LogP contribution is -2.46. The smallest absolute Gasteiger partial charge is 0.309 e. The van der Waals surface area contributed by atoms with Gasteiger partial charge >= 0.3 is 5.97 Å². The topological polar surface area (TPSA) is 67.9 Å². The van der Waals surface area contributed by atoms with Gasteiger partial charge in [-0.25, -0.2) is 4.39 Å². The molecule has 156 valence electrons. The molecule has 0 aliphatic carbocycles.